The molecule has 1 N–H and O–H groups in total. The molecule has 1 atom stereocenters. The minimum atomic E-state index is -1.28. The van der Waals surface area contributed by atoms with Crippen LogP contribution in [0.3, 0.4) is 0 Å². The Morgan fingerprint density at radius 3 is 2.48 bits per heavy atom. The Hall–Kier alpha value is -2.77. The number of nitrogens with one attached hydrogen (secondary N) is 1. The predicted molar refractivity (Wildman–Crippen MR) is 94.2 cm³/mol. The Morgan fingerprint density at radius 1 is 1.15 bits per heavy atom. The van der Waals surface area contributed by atoms with Crippen molar-refractivity contribution >= 4 is 11.9 Å². The third-order valence-corrected chi connectivity index (χ3v) is 4.89. The van der Waals surface area contributed by atoms with Crippen LogP contribution in [0.25, 0.3) is 0 Å². The average Bonchev–Trinajstić information content (AvgIpc) is 2.66. The first-order chi connectivity index (χ1) is 13.0. The maximum atomic E-state index is 12.5. The molecule has 0 spiro atoms. The number of hydrogen-bond donors (Lipinski definition) is 1. The fourth-order valence-corrected chi connectivity index (χ4v) is 3.59. The normalized spacial score (nSPS) is 19.7. The number of esters is 2. The third kappa shape index (κ3) is 3.70. The van der Waals surface area contributed by atoms with Gasteiger partial charge in [0.2, 0.25) is 5.88 Å². The molecule has 0 amide bonds. The van der Waals surface area contributed by atoms with Gasteiger partial charge in [-0.05, 0) is 19.8 Å². The molecule has 8 heteroatoms. The fraction of sp³-hybridized carbons (Fsp3) is 0.526. The minimum absolute atomic E-state index is 0.0676. The van der Waals surface area contributed by atoms with Gasteiger partial charge in [0, 0.05) is 12.1 Å². The number of rotatable bonds is 4. The molecular weight excluding hydrogens is 354 g/mol. The zero-order valence-electron chi connectivity index (χ0n) is 15.6. The molecule has 146 valence electrons. The van der Waals surface area contributed by atoms with E-state index in [0.29, 0.717) is 5.76 Å². The van der Waals surface area contributed by atoms with E-state index < -0.39 is 23.5 Å². The third-order valence-electron chi connectivity index (χ3n) is 4.89. The van der Waals surface area contributed by atoms with Crippen molar-refractivity contribution in [2.45, 2.75) is 51.0 Å². The molecule has 1 saturated carbocycles. The number of carbonyl (C=O) groups is 2. The summed E-state index contributed by atoms with van der Waals surface area (Å²) >= 11 is 0. The molecule has 0 bridgehead atoms. The maximum Gasteiger partial charge on any atom is 0.344 e. The summed E-state index contributed by atoms with van der Waals surface area (Å²) in [5.74, 6) is -2.19. The van der Waals surface area contributed by atoms with E-state index in [-0.39, 0.29) is 28.8 Å². The zero-order chi connectivity index (χ0) is 19.6. The number of carbonyl (C=O) groups excluding carboxylic acids is 2. The maximum absolute atomic E-state index is 12.5. The van der Waals surface area contributed by atoms with E-state index >= 15 is 0 Å². The van der Waals surface area contributed by atoms with E-state index in [1.807, 2.05) is 0 Å². The van der Waals surface area contributed by atoms with Crippen LogP contribution in [0.4, 0.5) is 0 Å². The van der Waals surface area contributed by atoms with E-state index in [9.17, 15) is 14.4 Å². The standard InChI is InChI=1S/C19H23NO7/c1-10-9-12-13(19(23)26-10)14(17(21)24-2)15(18(22)25-3)16(27-12)20-11-7-5-4-6-8-11/h9,11,14,20H,4-8H2,1-3H3. The number of ether oxygens (including phenoxy) is 3. The summed E-state index contributed by atoms with van der Waals surface area (Å²) in [5, 5.41) is 3.23. The molecule has 1 aliphatic carbocycles. The molecule has 0 saturated heterocycles. The van der Waals surface area contributed by atoms with Crippen LogP contribution < -0.4 is 15.7 Å². The second kappa shape index (κ2) is 7.85. The second-order valence-corrected chi connectivity index (χ2v) is 6.69. The Balaban J connectivity index is 2.13. The second-order valence-electron chi connectivity index (χ2n) is 6.69. The summed E-state index contributed by atoms with van der Waals surface area (Å²) in [4.78, 5) is 37.4. The van der Waals surface area contributed by atoms with Gasteiger partial charge in [0.1, 0.15) is 23.0 Å². The summed E-state index contributed by atoms with van der Waals surface area (Å²) in [6, 6.07) is 1.62. The van der Waals surface area contributed by atoms with Gasteiger partial charge in [-0.2, -0.15) is 0 Å². The summed E-state index contributed by atoms with van der Waals surface area (Å²) in [7, 11) is 2.39. The molecule has 1 unspecified atom stereocenters. The molecule has 2 aliphatic rings. The van der Waals surface area contributed by atoms with Crippen molar-refractivity contribution in [3.63, 3.8) is 0 Å². The molecule has 1 aromatic rings. The first-order valence-corrected chi connectivity index (χ1v) is 8.95. The molecule has 0 radical (unpaired) electrons. The summed E-state index contributed by atoms with van der Waals surface area (Å²) in [6.07, 6.45) is 5.15. The number of hydrogen-bond acceptors (Lipinski definition) is 8. The minimum Gasteiger partial charge on any atom is -0.468 e. The van der Waals surface area contributed by atoms with E-state index in [1.165, 1.54) is 20.3 Å². The molecule has 1 fully saturated rings. The topological polar surface area (TPSA) is 104 Å². The Kier molecular flexibility index (Phi) is 5.53. The molecular formula is C19H23NO7. The first kappa shape index (κ1) is 19.0. The van der Waals surface area contributed by atoms with E-state index in [1.54, 1.807) is 6.92 Å². The highest BCUT2D eigenvalue weighted by molar-refractivity contribution is 6.00. The number of methoxy groups -OCH3 is 2. The number of aryl methyl sites for hydroxylation is 1. The van der Waals surface area contributed by atoms with Gasteiger partial charge < -0.3 is 23.9 Å². The monoisotopic (exact) mass is 377 g/mol. The summed E-state index contributed by atoms with van der Waals surface area (Å²) in [5.41, 5.74) is -0.904. The quantitative estimate of drug-likeness (QED) is 0.794. The van der Waals surface area contributed by atoms with E-state index in [4.69, 9.17) is 18.6 Å². The predicted octanol–water partition coefficient (Wildman–Crippen LogP) is 1.90. The van der Waals surface area contributed by atoms with Crippen LogP contribution in [-0.2, 0) is 19.1 Å². The van der Waals surface area contributed by atoms with Crippen LogP contribution >= 0.6 is 0 Å². The zero-order valence-corrected chi connectivity index (χ0v) is 15.6. The van der Waals surface area contributed by atoms with Crippen molar-refractivity contribution in [1.82, 2.24) is 5.32 Å². The van der Waals surface area contributed by atoms with Crippen LogP contribution in [0.2, 0.25) is 0 Å². The van der Waals surface area contributed by atoms with Gasteiger partial charge in [-0.15, -0.1) is 0 Å². The average molecular weight is 377 g/mol. The van der Waals surface area contributed by atoms with Gasteiger partial charge in [-0.3, -0.25) is 4.79 Å². The van der Waals surface area contributed by atoms with Gasteiger partial charge in [0.05, 0.1) is 19.8 Å². The fourth-order valence-electron chi connectivity index (χ4n) is 3.59. The van der Waals surface area contributed by atoms with Crippen LogP contribution in [0.1, 0.15) is 49.3 Å². The molecule has 1 aliphatic heterocycles. The van der Waals surface area contributed by atoms with Gasteiger partial charge in [-0.25, -0.2) is 9.59 Å². The molecule has 8 nitrogen and oxygen atoms in total. The van der Waals surface area contributed by atoms with Crippen LogP contribution in [0.5, 0.6) is 5.75 Å². The van der Waals surface area contributed by atoms with Crippen LogP contribution in [0, 0.1) is 6.92 Å². The Bertz CT molecular complexity index is 833. The largest absolute Gasteiger partial charge is 0.468 e. The van der Waals surface area contributed by atoms with Crippen molar-refractivity contribution in [3.05, 3.63) is 39.3 Å². The highest BCUT2D eigenvalue weighted by Crippen LogP contribution is 2.39. The van der Waals surface area contributed by atoms with Crippen molar-refractivity contribution < 1.29 is 28.2 Å². The highest BCUT2D eigenvalue weighted by Gasteiger charge is 2.43. The van der Waals surface area contributed by atoms with Crippen molar-refractivity contribution in [2.24, 2.45) is 0 Å². The first-order valence-electron chi connectivity index (χ1n) is 8.95. The lowest BCUT2D eigenvalue weighted by Crippen LogP contribution is -2.40. The Labute approximate surface area is 156 Å². The molecule has 27 heavy (non-hydrogen) atoms. The van der Waals surface area contributed by atoms with Gasteiger partial charge >= 0.3 is 17.6 Å². The highest BCUT2D eigenvalue weighted by atomic mass is 16.5. The molecule has 3 rings (SSSR count). The van der Waals surface area contributed by atoms with Crippen LogP contribution in [0.15, 0.2) is 26.7 Å². The smallest absolute Gasteiger partial charge is 0.344 e. The number of fused-ring (bicyclic) bond motifs is 1. The molecule has 1 aromatic heterocycles. The SMILES string of the molecule is COC(=O)C1=C(NC2CCCCC2)Oc2cc(C)oc(=O)c2C1C(=O)OC. The van der Waals surface area contributed by atoms with Crippen LogP contribution in [-0.4, -0.2) is 32.2 Å². The van der Waals surface area contributed by atoms with Crippen molar-refractivity contribution in [2.75, 3.05) is 14.2 Å². The van der Waals surface area contributed by atoms with Gasteiger partial charge in [-0.1, -0.05) is 19.3 Å². The van der Waals surface area contributed by atoms with E-state index in [0.717, 1.165) is 32.1 Å². The summed E-state index contributed by atoms with van der Waals surface area (Å²) < 4.78 is 20.7. The molecule has 2 heterocycles. The lowest BCUT2D eigenvalue weighted by molar-refractivity contribution is -0.145. The molecule has 0 aromatic carbocycles. The lowest BCUT2D eigenvalue weighted by atomic mass is 9.89. The van der Waals surface area contributed by atoms with Gasteiger partial charge in [0.25, 0.3) is 0 Å². The summed E-state index contributed by atoms with van der Waals surface area (Å²) in [6.45, 7) is 1.60. The Morgan fingerprint density at radius 2 is 1.85 bits per heavy atom. The lowest BCUT2D eigenvalue weighted by Gasteiger charge is -2.31. The van der Waals surface area contributed by atoms with Crippen molar-refractivity contribution in [3.8, 4) is 5.75 Å². The van der Waals surface area contributed by atoms with Gasteiger partial charge in [0.15, 0.2) is 0 Å². The van der Waals surface area contributed by atoms with Crippen molar-refractivity contribution in [1.29, 1.82) is 0 Å². The van der Waals surface area contributed by atoms with E-state index in [2.05, 4.69) is 5.32 Å².